The predicted molar refractivity (Wildman–Crippen MR) is 105 cm³/mol. The number of nitrogens with zero attached hydrogens (tertiary/aromatic N) is 1. The minimum atomic E-state index is -0.609. The number of carbonyl (C=O) groups excluding carboxylic acids is 1. The maximum atomic E-state index is 11.3. The van der Waals surface area contributed by atoms with Gasteiger partial charge in [-0.3, -0.25) is 0 Å². The predicted octanol–water partition coefficient (Wildman–Crippen LogP) is 4.31. The van der Waals surface area contributed by atoms with Gasteiger partial charge in [-0.25, -0.2) is 10.2 Å². The van der Waals surface area contributed by atoms with Gasteiger partial charge in [-0.05, 0) is 29.5 Å². The number of nitrogens with one attached hydrogen (secondary N) is 1. The molecule has 4 rings (SSSR count). The summed E-state index contributed by atoms with van der Waals surface area (Å²) in [5.41, 5.74) is 12.7. The molecule has 0 spiro atoms. The van der Waals surface area contributed by atoms with Gasteiger partial charge >= 0.3 is 6.03 Å². The standard InChI is InChI=1S/C22H23N3O/c23-22(26)25-24-21-17-12-7-13-18(21)20(16-10-5-2-6-11-16)14-19(17)15-8-3-1-4-9-15/h1-6,8-11,14,17-19H,7,12-13H2,(H3,23,25,26). The molecule has 0 aliphatic heterocycles. The van der Waals surface area contributed by atoms with Crippen molar-refractivity contribution in [2.45, 2.75) is 25.2 Å². The molecule has 2 amide bonds. The molecule has 0 radical (unpaired) electrons. The van der Waals surface area contributed by atoms with Gasteiger partial charge in [-0.15, -0.1) is 0 Å². The molecule has 0 saturated heterocycles. The van der Waals surface area contributed by atoms with Crippen LogP contribution in [-0.4, -0.2) is 11.7 Å². The van der Waals surface area contributed by atoms with Gasteiger partial charge in [0.05, 0.1) is 0 Å². The average molecular weight is 345 g/mol. The SMILES string of the molecule is NC(=O)NN=C1C2CCCC1C(c1ccccc1)C=C2c1ccccc1. The number of hydrazone groups is 1. The lowest BCUT2D eigenvalue weighted by atomic mass is 9.63. The Morgan fingerprint density at radius 1 is 1.00 bits per heavy atom. The Morgan fingerprint density at radius 2 is 1.69 bits per heavy atom. The third kappa shape index (κ3) is 3.15. The second-order valence-corrected chi connectivity index (χ2v) is 7.03. The molecule has 2 aliphatic rings. The van der Waals surface area contributed by atoms with Crippen LogP contribution in [0.15, 0.2) is 71.8 Å². The molecule has 3 N–H and O–H groups in total. The number of primary amides is 1. The van der Waals surface area contributed by atoms with Crippen molar-refractivity contribution in [2.75, 3.05) is 0 Å². The van der Waals surface area contributed by atoms with Gasteiger partial charge in [0.2, 0.25) is 0 Å². The van der Waals surface area contributed by atoms with E-state index in [0.717, 1.165) is 18.6 Å². The number of hydrogen-bond acceptors (Lipinski definition) is 2. The summed E-state index contributed by atoms with van der Waals surface area (Å²) >= 11 is 0. The second-order valence-electron chi connectivity index (χ2n) is 7.03. The molecule has 4 heteroatoms. The van der Waals surface area contributed by atoms with Crippen LogP contribution in [0.4, 0.5) is 4.79 Å². The second kappa shape index (κ2) is 7.16. The Kier molecular flexibility index (Phi) is 4.57. The zero-order valence-corrected chi connectivity index (χ0v) is 14.6. The van der Waals surface area contributed by atoms with E-state index < -0.39 is 6.03 Å². The number of urea groups is 1. The van der Waals surface area contributed by atoms with E-state index >= 15 is 0 Å². The lowest BCUT2D eigenvalue weighted by molar-refractivity contribution is 0.249. The molecule has 0 aromatic heterocycles. The smallest absolute Gasteiger partial charge is 0.332 e. The van der Waals surface area contributed by atoms with E-state index in [1.54, 1.807) is 0 Å². The normalized spacial score (nSPS) is 26.2. The van der Waals surface area contributed by atoms with Crippen LogP contribution in [0.5, 0.6) is 0 Å². The van der Waals surface area contributed by atoms with E-state index in [1.807, 2.05) is 12.1 Å². The molecular weight excluding hydrogens is 322 g/mol. The first-order valence-electron chi connectivity index (χ1n) is 9.19. The summed E-state index contributed by atoms with van der Waals surface area (Å²) in [6, 6.07) is 20.4. The molecule has 2 aromatic rings. The Bertz CT molecular complexity index is 842. The number of fused-ring (bicyclic) bond motifs is 2. The van der Waals surface area contributed by atoms with Gasteiger partial charge in [0.25, 0.3) is 0 Å². The Morgan fingerprint density at radius 3 is 2.38 bits per heavy atom. The van der Waals surface area contributed by atoms with E-state index in [1.165, 1.54) is 23.1 Å². The highest BCUT2D eigenvalue weighted by atomic mass is 16.2. The molecule has 3 unspecified atom stereocenters. The van der Waals surface area contributed by atoms with Gasteiger partial charge in [0.15, 0.2) is 0 Å². The van der Waals surface area contributed by atoms with Crippen LogP contribution in [0, 0.1) is 11.8 Å². The van der Waals surface area contributed by atoms with Crippen molar-refractivity contribution in [3.05, 3.63) is 77.9 Å². The summed E-state index contributed by atoms with van der Waals surface area (Å²) in [6.07, 6.45) is 5.72. The summed E-state index contributed by atoms with van der Waals surface area (Å²) in [6.45, 7) is 0. The highest BCUT2D eigenvalue weighted by molar-refractivity contribution is 6.02. The number of allylic oxidation sites excluding steroid dienone is 2. The largest absolute Gasteiger partial charge is 0.350 e. The van der Waals surface area contributed by atoms with E-state index in [4.69, 9.17) is 5.73 Å². The molecule has 3 atom stereocenters. The number of nitrogens with two attached hydrogens (primary N) is 1. The minimum Gasteiger partial charge on any atom is -0.350 e. The number of hydrogen-bond donors (Lipinski definition) is 2. The van der Waals surface area contributed by atoms with Crippen LogP contribution in [0.25, 0.3) is 5.57 Å². The fraction of sp³-hybridized carbons (Fsp3) is 0.273. The van der Waals surface area contributed by atoms with Crippen LogP contribution < -0.4 is 11.2 Å². The van der Waals surface area contributed by atoms with Gasteiger partial charge in [0, 0.05) is 23.5 Å². The highest BCUT2D eigenvalue weighted by Crippen LogP contribution is 2.48. The first-order valence-corrected chi connectivity index (χ1v) is 9.19. The number of benzene rings is 2. The molecule has 4 nitrogen and oxygen atoms in total. The molecule has 2 aliphatic carbocycles. The fourth-order valence-corrected chi connectivity index (χ4v) is 4.41. The van der Waals surface area contributed by atoms with Crippen molar-refractivity contribution in [1.29, 1.82) is 0 Å². The molecule has 0 heterocycles. The number of amides is 2. The maximum Gasteiger partial charge on any atom is 0.332 e. The lowest BCUT2D eigenvalue weighted by Crippen LogP contribution is -2.39. The molecule has 2 aromatic carbocycles. The van der Waals surface area contributed by atoms with E-state index in [9.17, 15) is 4.79 Å². The van der Waals surface area contributed by atoms with Gasteiger partial charge in [-0.1, -0.05) is 73.2 Å². The van der Waals surface area contributed by atoms with Crippen LogP contribution in [0.1, 0.15) is 36.3 Å². The van der Waals surface area contributed by atoms with E-state index in [0.29, 0.717) is 5.92 Å². The first kappa shape index (κ1) is 16.6. The number of rotatable bonds is 3. The summed E-state index contributed by atoms with van der Waals surface area (Å²) in [5, 5.41) is 4.47. The summed E-state index contributed by atoms with van der Waals surface area (Å²) < 4.78 is 0. The van der Waals surface area contributed by atoms with Crippen LogP contribution in [-0.2, 0) is 0 Å². The molecule has 1 saturated carbocycles. The maximum absolute atomic E-state index is 11.3. The van der Waals surface area contributed by atoms with Crippen LogP contribution >= 0.6 is 0 Å². The average Bonchev–Trinajstić information content (AvgIpc) is 2.68. The van der Waals surface area contributed by atoms with Gasteiger partial charge < -0.3 is 5.73 Å². The van der Waals surface area contributed by atoms with E-state index in [-0.39, 0.29) is 11.8 Å². The Hall–Kier alpha value is -2.88. The van der Waals surface area contributed by atoms with E-state index in [2.05, 4.69) is 65.1 Å². The zero-order valence-electron chi connectivity index (χ0n) is 14.6. The third-order valence-electron chi connectivity index (χ3n) is 5.50. The topological polar surface area (TPSA) is 67.5 Å². The lowest BCUT2D eigenvalue weighted by Gasteiger charge is -2.41. The summed E-state index contributed by atoms with van der Waals surface area (Å²) in [7, 11) is 0. The van der Waals surface area contributed by atoms with Crippen LogP contribution in [0.2, 0.25) is 0 Å². The minimum absolute atomic E-state index is 0.239. The monoisotopic (exact) mass is 345 g/mol. The van der Waals surface area contributed by atoms with Gasteiger partial charge in [-0.2, -0.15) is 5.10 Å². The third-order valence-corrected chi connectivity index (χ3v) is 5.50. The van der Waals surface area contributed by atoms with Crippen molar-refractivity contribution in [1.82, 2.24) is 5.43 Å². The van der Waals surface area contributed by atoms with Crippen molar-refractivity contribution in [2.24, 2.45) is 22.7 Å². The molecule has 132 valence electrons. The Labute approximate surface area is 153 Å². The van der Waals surface area contributed by atoms with Crippen molar-refractivity contribution in [3.63, 3.8) is 0 Å². The van der Waals surface area contributed by atoms with Crippen LogP contribution in [0.3, 0.4) is 0 Å². The van der Waals surface area contributed by atoms with Crippen molar-refractivity contribution >= 4 is 17.3 Å². The van der Waals surface area contributed by atoms with Gasteiger partial charge in [0.1, 0.15) is 0 Å². The molecule has 26 heavy (non-hydrogen) atoms. The Balaban J connectivity index is 1.84. The molecular formula is C22H23N3O. The quantitative estimate of drug-likeness (QED) is 0.800. The number of carbonyl (C=O) groups is 1. The molecule has 1 fully saturated rings. The highest BCUT2D eigenvalue weighted by Gasteiger charge is 2.40. The fourth-order valence-electron chi connectivity index (χ4n) is 4.41. The first-order chi connectivity index (χ1) is 12.7. The zero-order chi connectivity index (χ0) is 17.9. The molecule has 2 bridgehead atoms. The summed E-state index contributed by atoms with van der Waals surface area (Å²) in [5.74, 6) is 0.801. The summed E-state index contributed by atoms with van der Waals surface area (Å²) in [4.78, 5) is 11.3. The van der Waals surface area contributed by atoms with Crippen molar-refractivity contribution < 1.29 is 4.79 Å². The van der Waals surface area contributed by atoms with Crippen molar-refractivity contribution in [3.8, 4) is 0 Å².